The van der Waals surface area contributed by atoms with Gasteiger partial charge in [0, 0.05) is 11.6 Å². The van der Waals surface area contributed by atoms with Gasteiger partial charge in [-0.1, -0.05) is 12.1 Å². The van der Waals surface area contributed by atoms with Crippen LogP contribution in [-0.2, 0) is 6.18 Å². The van der Waals surface area contributed by atoms with Crippen LogP contribution in [-0.4, -0.2) is 5.16 Å². The molecule has 2 aromatic rings. The fourth-order valence-corrected chi connectivity index (χ4v) is 1.70. The Morgan fingerprint density at radius 3 is 2.55 bits per heavy atom. The molecular weight excluding hydrogens is 276 g/mol. The third-order valence-corrected chi connectivity index (χ3v) is 2.85. The molecule has 1 aromatic heterocycles. The Balaban J connectivity index is 2.42. The quantitative estimate of drug-likeness (QED) is 0.871. The number of hydrogen-bond donors (Lipinski definition) is 1. The first kappa shape index (κ1) is 14.5. The number of rotatable bonds is 3. The average molecular weight is 288 g/mol. The van der Waals surface area contributed by atoms with Gasteiger partial charge < -0.3 is 10.3 Å². The first-order valence-corrected chi connectivity index (χ1v) is 5.91. The number of nitrogens with two attached hydrogens (primary N) is 1. The van der Waals surface area contributed by atoms with Crippen LogP contribution in [0.4, 0.5) is 17.6 Å². The maximum atomic E-state index is 13.3. The van der Waals surface area contributed by atoms with Crippen LogP contribution in [0.1, 0.15) is 30.7 Å². The number of hydrogen-bond acceptors (Lipinski definition) is 3. The maximum Gasteiger partial charge on any atom is 0.416 e. The van der Waals surface area contributed by atoms with Crippen molar-refractivity contribution in [2.24, 2.45) is 5.73 Å². The molecule has 3 nitrogen and oxygen atoms in total. The summed E-state index contributed by atoms with van der Waals surface area (Å²) in [6.45, 7) is 1.83. The van der Waals surface area contributed by atoms with Gasteiger partial charge in [-0.2, -0.15) is 13.2 Å². The highest BCUT2D eigenvalue weighted by Gasteiger charge is 2.31. The molecule has 0 aliphatic carbocycles. The van der Waals surface area contributed by atoms with Crippen molar-refractivity contribution in [1.82, 2.24) is 5.16 Å². The lowest BCUT2D eigenvalue weighted by Crippen LogP contribution is -2.07. The van der Waals surface area contributed by atoms with Gasteiger partial charge in [0.1, 0.15) is 11.5 Å². The normalized spacial score (nSPS) is 13.5. The summed E-state index contributed by atoms with van der Waals surface area (Å²) >= 11 is 0. The Labute approximate surface area is 112 Å². The minimum atomic E-state index is -4.62. The second-order valence-corrected chi connectivity index (χ2v) is 4.36. The first-order valence-electron chi connectivity index (χ1n) is 5.91. The third kappa shape index (κ3) is 2.98. The molecular formula is C13H12F4N2O. The summed E-state index contributed by atoms with van der Waals surface area (Å²) in [5.41, 5.74) is 4.77. The molecule has 1 heterocycles. The van der Waals surface area contributed by atoms with Crippen LogP contribution in [0.2, 0.25) is 0 Å². The predicted molar refractivity (Wildman–Crippen MR) is 64.1 cm³/mol. The molecule has 0 saturated heterocycles. The van der Waals surface area contributed by atoms with Crippen molar-refractivity contribution in [2.75, 3.05) is 0 Å². The topological polar surface area (TPSA) is 52.0 Å². The lowest BCUT2D eigenvalue weighted by Gasteiger charge is -2.07. The number of alkyl halides is 3. The lowest BCUT2D eigenvalue weighted by molar-refractivity contribution is -0.137. The summed E-state index contributed by atoms with van der Waals surface area (Å²) in [4.78, 5) is 0. The Morgan fingerprint density at radius 1 is 1.25 bits per heavy atom. The van der Waals surface area contributed by atoms with Gasteiger partial charge in [-0.15, -0.1) is 0 Å². The molecule has 0 amide bonds. The predicted octanol–water partition coefficient (Wildman–Crippen LogP) is 3.91. The van der Waals surface area contributed by atoms with Crippen LogP contribution in [0.15, 0.2) is 28.8 Å². The van der Waals surface area contributed by atoms with Crippen molar-refractivity contribution in [1.29, 1.82) is 0 Å². The highest BCUT2D eigenvalue weighted by atomic mass is 19.4. The van der Waals surface area contributed by atoms with Gasteiger partial charge in [-0.25, -0.2) is 4.39 Å². The van der Waals surface area contributed by atoms with Gasteiger partial charge in [0.15, 0.2) is 5.76 Å². The summed E-state index contributed by atoms with van der Waals surface area (Å²) in [5, 5.41) is 3.63. The monoisotopic (exact) mass is 288 g/mol. The highest BCUT2D eigenvalue weighted by molar-refractivity contribution is 5.60. The van der Waals surface area contributed by atoms with Gasteiger partial charge >= 0.3 is 6.18 Å². The SMILES string of the molecule is CCC(N)c1cc(-c2cc(F)cc(C(F)(F)F)c2)no1. The van der Waals surface area contributed by atoms with E-state index in [4.69, 9.17) is 10.3 Å². The van der Waals surface area contributed by atoms with Crippen molar-refractivity contribution < 1.29 is 22.1 Å². The van der Waals surface area contributed by atoms with E-state index < -0.39 is 23.6 Å². The van der Waals surface area contributed by atoms with Crippen LogP contribution in [0.25, 0.3) is 11.3 Å². The molecule has 1 atom stereocenters. The molecule has 0 aliphatic rings. The molecule has 0 radical (unpaired) electrons. The smallest absolute Gasteiger partial charge is 0.359 e. The molecule has 2 rings (SSSR count). The average Bonchev–Trinajstić information content (AvgIpc) is 2.85. The number of halogens is 4. The zero-order chi connectivity index (χ0) is 14.9. The van der Waals surface area contributed by atoms with Gasteiger partial charge in [-0.3, -0.25) is 0 Å². The fraction of sp³-hybridized carbons (Fsp3) is 0.308. The van der Waals surface area contributed by atoms with E-state index in [0.717, 1.165) is 12.1 Å². The fourth-order valence-electron chi connectivity index (χ4n) is 1.70. The van der Waals surface area contributed by atoms with E-state index in [-0.39, 0.29) is 11.3 Å². The van der Waals surface area contributed by atoms with E-state index in [1.807, 2.05) is 6.92 Å². The lowest BCUT2D eigenvalue weighted by atomic mass is 10.1. The third-order valence-electron chi connectivity index (χ3n) is 2.85. The molecule has 1 unspecified atom stereocenters. The molecule has 0 spiro atoms. The minimum absolute atomic E-state index is 0.00405. The van der Waals surface area contributed by atoms with Crippen LogP contribution in [0.5, 0.6) is 0 Å². The number of aromatic nitrogens is 1. The number of nitrogens with zero attached hydrogens (tertiary/aromatic N) is 1. The van der Waals surface area contributed by atoms with E-state index in [1.54, 1.807) is 0 Å². The Kier molecular flexibility index (Phi) is 3.80. The molecule has 108 valence electrons. The maximum absolute atomic E-state index is 13.3. The van der Waals surface area contributed by atoms with Crippen LogP contribution in [0, 0.1) is 5.82 Å². The van der Waals surface area contributed by atoms with E-state index in [0.29, 0.717) is 18.2 Å². The van der Waals surface area contributed by atoms with Crippen molar-refractivity contribution in [3.8, 4) is 11.3 Å². The molecule has 0 bridgehead atoms. The van der Waals surface area contributed by atoms with E-state index >= 15 is 0 Å². The molecule has 7 heteroatoms. The van der Waals surface area contributed by atoms with Crippen molar-refractivity contribution in [3.05, 3.63) is 41.4 Å². The van der Waals surface area contributed by atoms with E-state index in [9.17, 15) is 17.6 Å². The first-order chi connectivity index (χ1) is 9.31. The Bertz CT molecular complexity index is 607. The summed E-state index contributed by atoms with van der Waals surface area (Å²) in [6.07, 6.45) is -4.03. The zero-order valence-electron chi connectivity index (χ0n) is 10.5. The van der Waals surface area contributed by atoms with Crippen LogP contribution >= 0.6 is 0 Å². The van der Waals surface area contributed by atoms with Crippen molar-refractivity contribution in [2.45, 2.75) is 25.6 Å². The van der Waals surface area contributed by atoms with E-state index in [1.165, 1.54) is 6.07 Å². The van der Waals surface area contributed by atoms with Gasteiger partial charge in [0.25, 0.3) is 0 Å². The molecule has 1 aromatic carbocycles. The molecule has 0 saturated carbocycles. The van der Waals surface area contributed by atoms with Crippen molar-refractivity contribution >= 4 is 0 Å². The summed E-state index contributed by atoms with van der Waals surface area (Å²) in [5.74, 6) is -0.639. The van der Waals surface area contributed by atoms with Crippen LogP contribution < -0.4 is 5.73 Å². The molecule has 0 fully saturated rings. The van der Waals surface area contributed by atoms with Crippen LogP contribution in [0.3, 0.4) is 0 Å². The number of benzene rings is 1. The summed E-state index contributed by atoms with van der Waals surface area (Å²) in [7, 11) is 0. The zero-order valence-corrected chi connectivity index (χ0v) is 10.5. The van der Waals surface area contributed by atoms with E-state index in [2.05, 4.69) is 5.16 Å². The standard InChI is InChI=1S/C13H12F4N2O/c1-2-10(18)12-6-11(19-20-12)7-3-8(13(15,16)17)5-9(14)4-7/h3-6,10H,2,18H2,1H3. The Hall–Kier alpha value is -1.89. The highest BCUT2D eigenvalue weighted by Crippen LogP contribution is 2.33. The molecule has 2 N–H and O–H groups in total. The van der Waals surface area contributed by atoms with Gasteiger partial charge in [-0.05, 0) is 24.6 Å². The molecule has 20 heavy (non-hydrogen) atoms. The second-order valence-electron chi connectivity index (χ2n) is 4.36. The largest absolute Gasteiger partial charge is 0.416 e. The summed E-state index contributed by atoms with van der Waals surface area (Å²) in [6, 6.07) is 3.24. The van der Waals surface area contributed by atoms with Gasteiger partial charge in [0.05, 0.1) is 11.6 Å². The Morgan fingerprint density at radius 2 is 1.95 bits per heavy atom. The summed E-state index contributed by atoms with van der Waals surface area (Å²) < 4.78 is 56.1. The molecule has 0 aliphatic heterocycles. The van der Waals surface area contributed by atoms with Gasteiger partial charge in [0.2, 0.25) is 0 Å². The van der Waals surface area contributed by atoms with Crippen molar-refractivity contribution in [3.63, 3.8) is 0 Å². The second kappa shape index (κ2) is 5.24. The minimum Gasteiger partial charge on any atom is -0.359 e.